The van der Waals surface area contributed by atoms with Gasteiger partial charge in [0.15, 0.2) is 0 Å². The topological polar surface area (TPSA) is 71.0 Å². The summed E-state index contributed by atoms with van der Waals surface area (Å²) in [6.45, 7) is 7.16. The molecule has 0 heterocycles. The average molecular weight is 386 g/mol. The van der Waals surface area contributed by atoms with Crippen LogP contribution in [0.3, 0.4) is 0 Å². The minimum absolute atomic E-state index is 0.117. The van der Waals surface area contributed by atoms with Crippen LogP contribution in [0.1, 0.15) is 32.4 Å². The molecule has 1 amide bonds. The second-order valence-electron chi connectivity index (χ2n) is 6.71. The Bertz CT molecular complexity index is 748. The van der Waals surface area contributed by atoms with Crippen molar-refractivity contribution in [3.63, 3.8) is 0 Å². The standard InChI is InChI=1S/C22H30N2O4/c1-5-24(16(2)18-7-6-8-22(13-18)27-4)14-20(26)15-28-21-11-9-19(10-12-21)23-17(3)25/h6-13,16,20,26H,5,14-15H2,1-4H3,(H,23,25). The number of aliphatic hydroxyl groups is 1. The molecule has 2 N–H and O–H groups in total. The molecule has 0 bridgehead atoms. The summed E-state index contributed by atoms with van der Waals surface area (Å²) in [6, 6.07) is 15.2. The molecular weight excluding hydrogens is 356 g/mol. The number of anilines is 1. The van der Waals surface area contributed by atoms with Crippen LogP contribution in [0.25, 0.3) is 0 Å². The van der Waals surface area contributed by atoms with Gasteiger partial charge in [-0.05, 0) is 55.4 Å². The number of methoxy groups -OCH3 is 1. The molecular formula is C22H30N2O4. The van der Waals surface area contributed by atoms with Crippen molar-refractivity contribution in [1.82, 2.24) is 4.90 Å². The van der Waals surface area contributed by atoms with Crippen LogP contribution in [0, 0.1) is 0 Å². The number of nitrogens with one attached hydrogen (secondary N) is 1. The summed E-state index contributed by atoms with van der Waals surface area (Å²) in [7, 11) is 1.66. The van der Waals surface area contributed by atoms with Crippen molar-refractivity contribution >= 4 is 11.6 Å². The van der Waals surface area contributed by atoms with Gasteiger partial charge in [-0.25, -0.2) is 0 Å². The van der Waals surface area contributed by atoms with Crippen molar-refractivity contribution in [2.75, 3.05) is 32.1 Å². The molecule has 0 spiro atoms. The summed E-state index contributed by atoms with van der Waals surface area (Å²) in [5.41, 5.74) is 1.85. The average Bonchev–Trinajstić information content (AvgIpc) is 2.70. The molecule has 0 fully saturated rings. The summed E-state index contributed by atoms with van der Waals surface area (Å²) < 4.78 is 11.0. The van der Waals surface area contributed by atoms with E-state index < -0.39 is 6.10 Å². The molecule has 6 nitrogen and oxygen atoms in total. The molecule has 2 aromatic carbocycles. The van der Waals surface area contributed by atoms with Gasteiger partial charge in [-0.3, -0.25) is 9.69 Å². The third-order valence-electron chi connectivity index (χ3n) is 4.59. The molecule has 0 aliphatic heterocycles. The fraction of sp³-hybridized carbons (Fsp3) is 0.409. The molecule has 2 atom stereocenters. The molecule has 152 valence electrons. The number of carbonyl (C=O) groups is 1. The number of amides is 1. The quantitative estimate of drug-likeness (QED) is 0.654. The van der Waals surface area contributed by atoms with Gasteiger partial charge in [-0.15, -0.1) is 0 Å². The molecule has 0 aliphatic rings. The Labute approximate surface area is 167 Å². The maximum atomic E-state index is 11.1. The number of aliphatic hydroxyl groups excluding tert-OH is 1. The Hall–Kier alpha value is -2.57. The van der Waals surface area contributed by atoms with E-state index in [1.807, 2.05) is 18.2 Å². The van der Waals surface area contributed by atoms with Crippen LogP contribution in [-0.2, 0) is 4.79 Å². The lowest BCUT2D eigenvalue weighted by Gasteiger charge is -2.30. The lowest BCUT2D eigenvalue weighted by Crippen LogP contribution is -2.37. The predicted octanol–water partition coefficient (Wildman–Crippen LogP) is 3.48. The van der Waals surface area contributed by atoms with Crippen LogP contribution >= 0.6 is 0 Å². The Morgan fingerprint density at radius 2 is 1.89 bits per heavy atom. The highest BCUT2D eigenvalue weighted by Gasteiger charge is 2.18. The van der Waals surface area contributed by atoms with Crippen LogP contribution in [-0.4, -0.2) is 48.8 Å². The number of rotatable bonds is 10. The van der Waals surface area contributed by atoms with E-state index in [-0.39, 0.29) is 18.6 Å². The molecule has 0 radical (unpaired) electrons. The number of carbonyl (C=O) groups excluding carboxylic acids is 1. The molecule has 0 saturated heterocycles. The van der Waals surface area contributed by atoms with Crippen LogP contribution in [0.15, 0.2) is 48.5 Å². The second kappa shape index (κ2) is 10.7. The van der Waals surface area contributed by atoms with E-state index in [0.717, 1.165) is 17.9 Å². The predicted molar refractivity (Wildman–Crippen MR) is 111 cm³/mol. The number of hydrogen-bond donors (Lipinski definition) is 2. The molecule has 0 saturated carbocycles. The van der Waals surface area contributed by atoms with Gasteiger partial charge in [-0.2, -0.15) is 0 Å². The number of ether oxygens (including phenoxy) is 2. The first kappa shape index (κ1) is 21.7. The van der Waals surface area contributed by atoms with Gasteiger partial charge >= 0.3 is 0 Å². The van der Waals surface area contributed by atoms with Crippen LogP contribution in [0.4, 0.5) is 5.69 Å². The zero-order valence-corrected chi connectivity index (χ0v) is 17.0. The van der Waals surface area contributed by atoms with Gasteiger partial charge in [0.2, 0.25) is 5.91 Å². The normalized spacial score (nSPS) is 13.1. The van der Waals surface area contributed by atoms with Crippen LogP contribution in [0.2, 0.25) is 0 Å². The lowest BCUT2D eigenvalue weighted by molar-refractivity contribution is -0.114. The zero-order chi connectivity index (χ0) is 20.5. The molecule has 28 heavy (non-hydrogen) atoms. The first-order chi connectivity index (χ1) is 13.4. The van der Waals surface area contributed by atoms with Gasteiger partial charge < -0.3 is 19.9 Å². The molecule has 2 aromatic rings. The smallest absolute Gasteiger partial charge is 0.221 e. The fourth-order valence-electron chi connectivity index (χ4n) is 3.03. The number of hydrogen-bond acceptors (Lipinski definition) is 5. The highest BCUT2D eigenvalue weighted by Crippen LogP contribution is 2.24. The zero-order valence-electron chi connectivity index (χ0n) is 17.0. The Kier molecular flexibility index (Phi) is 8.29. The summed E-state index contributed by atoms with van der Waals surface area (Å²) in [6.07, 6.45) is -0.622. The van der Waals surface area contributed by atoms with Gasteiger partial charge in [-0.1, -0.05) is 19.1 Å². The fourth-order valence-corrected chi connectivity index (χ4v) is 3.03. The highest BCUT2D eigenvalue weighted by atomic mass is 16.5. The Morgan fingerprint density at radius 1 is 1.18 bits per heavy atom. The minimum Gasteiger partial charge on any atom is -0.497 e. The van der Waals surface area contributed by atoms with Gasteiger partial charge in [0.05, 0.1) is 7.11 Å². The van der Waals surface area contributed by atoms with E-state index in [1.165, 1.54) is 6.92 Å². The Morgan fingerprint density at radius 3 is 2.50 bits per heavy atom. The van der Waals surface area contributed by atoms with Crippen LogP contribution in [0.5, 0.6) is 11.5 Å². The van der Waals surface area contributed by atoms with E-state index in [0.29, 0.717) is 18.0 Å². The second-order valence-corrected chi connectivity index (χ2v) is 6.71. The third-order valence-corrected chi connectivity index (χ3v) is 4.59. The Balaban J connectivity index is 1.89. The molecule has 2 unspecified atom stereocenters. The van der Waals surface area contributed by atoms with Crippen molar-refractivity contribution in [1.29, 1.82) is 0 Å². The largest absolute Gasteiger partial charge is 0.497 e. The summed E-state index contributed by atoms with van der Waals surface area (Å²) in [5.74, 6) is 1.36. The molecule has 6 heteroatoms. The van der Waals surface area contributed by atoms with Crippen molar-refractivity contribution < 1.29 is 19.4 Å². The van der Waals surface area contributed by atoms with E-state index in [2.05, 4.69) is 30.1 Å². The highest BCUT2D eigenvalue weighted by molar-refractivity contribution is 5.88. The van der Waals surface area contributed by atoms with E-state index >= 15 is 0 Å². The van der Waals surface area contributed by atoms with Crippen molar-refractivity contribution in [2.24, 2.45) is 0 Å². The summed E-state index contributed by atoms with van der Waals surface area (Å²) in [5, 5.41) is 13.1. The third kappa shape index (κ3) is 6.55. The monoisotopic (exact) mass is 386 g/mol. The summed E-state index contributed by atoms with van der Waals surface area (Å²) >= 11 is 0. The first-order valence-electron chi connectivity index (χ1n) is 9.49. The van der Waals surface area contributed by atoms with Crippen molar-refractivity contribution in [3.05, 3.63) is 54.1 Å². The number of likely N-dealkylation sites (N-methyl/N-ethyl adjacent to an activating group) is 1. The van der Waals surface area contributed by atoms with E-state index in [1.54, 1.807) is 31.4 Å². The van der Waals surface area contributed by atoms with Crippen molar-refractivity contribution in [2.45, 2.75) is 32.9 Å². The lowest BCUT2D eigenvalue weighted by atomic mass is 10.1. The van der Waals surface area contributed by atoms with Gasteiger partial charge in [0, 0.05) is 25.2 Å². The maximum absolute atomic E-state index is 11.1. The first-order valence-corrected chi connectivity index (χ1v) is 9.49. The van der Waals surface area contributed by atoms with E-state index in [9.17, 15) is 9.90 Å². The SMILES string of the molecule is CCN(CC(O)COc1ccc(NC(C)=O)cc1)C(C)c1cccc(OC)c1. The maximum Gasteiger partial charge on any atom is 0.221 e. The molecule has 0 aromatic heterocycles. The number of benzene rings is 2. The van der Waals surface area contributed by atoms with Gasteiger partial charge in [0.1, 0.15) is 24.2 Å². The summed E-state index contributed by atoms with van der Waals surface area (Å²) in [4.78, 5) is 13.2. The molecule has 0 aliphatic carbocycles. The molecule has 2 rings (SSSR count). The number of nitrogens with zero attached hydrogens (tertiary/aromatic N) is 1. The van der Waals surface area contributed by atoms with Crippen molar-refractivity contribution in [3.8, 4) is 11.5 Å². The van der Waals surface area contributed by atoms with Gasteiger partial charge in [0.25, 0.3) is 0 Å². The minimum atomic E-state index is -0.622. The van der Waals surface area contributed by atoms with Crippen LogP contribution < -0.4 is 14.8 Å². The van der Waals surface area contributed by atoms with E-state index in [4.69, 9.17) is 9.47 Å².